The number of nitrogens with one attached hydrogen (secondary N) is 1. The average Bonchev–Trinajstić information content (AvgIpc) is 2.92. The molecule has 0 radical (unpaired) electrons. The Hall–Kier alpha value is -3.06. The van der Waals surface area contributed by atoms with Crippen molar-refractivity contribution in [2.45, 2.75) is 19.0 Å². The Morgan fingerprint density at radius 1 is 0.919 bits per heavy atom. The largest absolute Gasteiger partial charge is 0.483 e. The molecule has 8 heteroatoms. The second-order valence-electron chi connectivity index (χ2n) is 8.43. The van der Waals surface area contributed by atoms with Gasteiger partial charge in [0.1, 0.15) is 11.8 Å². The second-order valence-corrected chi connectivity index (χ2v) is 10.0. The van der Waals surface area contributed by atoms with Crippen molar-refractivity contribution < 1.29 is 14.3 Å². The van der Waals surface area contributed by atoms with Crippen LogP contribution in [-0.4, -0.2) is 36.4 Å². The number of ether oxygens (including phenoxy) is 1. The fourth-order valence-electron chi connectivity index (χ4n) is 4.12. The lowest BCUT2D eigenvalue weighted by Crippen LogP contribution is -2.51. The van der Waals surface area contributed by atoms with E-state index in [1.807, 2.05) is 66.7 Å². The first kappa shape index (κ1) is 27.0. The molecule has 1 atom stereocenters. The van der Waals surface area contributed by atoms with Crippen molar-refractivity contribution >= 4 is 61.7 Å². The summed E-state index contributed by atoms with van der Waals surface area (Å²) < 4.78 is 6.72. The van der Waals surface area contributed by atoms with Crippen LogP contribution in [0.1, 0.15) is 11.1 Å². The maximum atomic E-state index is 13.7. The molecule has 0 aliphatic carbocycles. The Morgan fingerprint density at radius 3 is 2.30 bits per heavy atom. The zero-order chi connectivity index (χ0) is 26.4. The fraction of sp³-hybridized carbons (Fsp3) is 0.172. The number of benzene rings is 4. The molecular weight excluding hydrogens is 575 g/mol. The molecule has 4 rings (SSSR count). The molecule has 2 amide bonds. The van der Waals surface area contributed by atoms with E-state index in [0.717, 1.165) is 20.8 Å². The second kappa shape index (κ2) is 12.5. The van der Waals surface area contributed by atoms with Crippen LogP contribution < -0.4 is 10.1 Å². The summed E-state index contributed by atoms with van der Waals surface area (Å²) in [4.78, 5) is 28.2. The molecule has 0 spiro atoms. The molecule has 0 saturated heterocycles. The molecule has 0 aromatic heterocycles. The smallest absolute Gasteiger partial charge is 0.261 e. The predicted octanol–water partition coefficient (Wildman–Crippen LogP) is 6.67. The number of rotatable bonds is 9. The van der Waals surface area contributed by atoms with Crippen molar-refractivity contribution in [3.63, 3.8) is 0 Å². The summed E-state index contributed by atoms with van der Waals surface area (Å²) in [5.41, 5.74) is 1.48. The molecule has 4 aromatic rings. The van der Waals surface area contributed by atoms with Crippen LogP contribution >= 0.6 is 39.1 Å². The molecule has 4 aromatic carbocycles. The summed E-state index contributed by atoms with van der Waals surface area (Å²) in [5, 5.41) is 5.54. The summed E-state index contributed by atoms with van der Waals surface area (Å²) in [7, 11) is 1.55. The van der Waals surface area contributed by atoms with Crippen LogP contribution in [0.15, 0.2) is 89.4 Å². The van der Waals surface area contributed by atoms with Crippen molar-refractivity contribution in [3.05, 3.63) is 111 Å². The van der Waals surface area contributed by atoms with Gasteiger partial charge in [0.2, 0.25) is 5.91 Å². The minimum Gasteiger partial charge on any atom is -0.483 e. The number of nitrogens with zero attached hydrogens (tertiary/aromatic N) is 1. The first-order chi connectivity index (χ1) is 17.9. The molecule has 0 heterocycles. The van der Waals surface area contributed by atoms with E-state index in [1.54, 1.807) is 25.2 Å². The van der Waals surface area contributed by atoms with Crippen molar-refractivity contribution in [3.8, 4) is 5.75 Å². The molecule has 0 aliphatic rings. The monoisotopic (exact) mass is 598 g/mol. The van der Waals surface area contributed by atoms with Crippen LogP contribution in [-0.2, 0) is 22.6 Å². The summed E-state index contributed by atoms with van der Waals surface area (Å²) in [5.74, 6) is -0.143. The number of hydrogen-bond acceptors (Lipinski definition) is 3. The van der Waals surface area contributed by atoms with Crippen molar-refractivity contribution in [2.75, 3.05) is 13.7 Å². The van der Waals surface area contributed by atoms with E-state index in [2.05, 4.69) is 21.2 Å². The van der Waals surface area contributed by atoms with Gasteiger partial charge in [0, 0.05) is 35.6 Å². The third-order valence-corrected chi connectivity index (χ3v) is 7.61. The topological polar surface area (TPSA) is 58.6 Å². The van der Waals surface area contributed by atoms with Gasteiger partial charge in [0.25, 0.3) is 5.91 Å². The zero-order valence-corrected chi connectivity index (χ0v) is 23.2. The first-order valence-corrected chi connectivity index (χ1v) is 13.2. The standard InChI is InChI=1S/C29H25BrCl2N2O3/c1-33-29(36)25(16-19-8-3-2-4-9-19)34(17-22-23(31)12-7-13-24(22)32)27(35)18-37-26-15-14-20-10-5-6-11-21(20)28(26)30/h2-15,25H,16-18H2,1H3,(H,33,36)/t25-/m0/s1. The fourth-order valence-corrected chi connectivity index (χ4v) is 5.25. The quantitative estimate of drug-likeness (QED) is 0.234. The number of amides is 2. The summed E-state index contributed by atoms with van der Waals surface area (Å²) in [6.07, 6.45) is 0.313. The van der Waals surface area contributed by atoms with Crippen LogP contribution in [0.4, 0.5) is 0 Å². The lowest BCUT2D eigenvalue weighted by atomic mass is 10.0. The van der Waals surface area contributed by atoms with Gasteiger partial charge in [-0.2, -0.15) is 0 Å². The number of hydrogen-bond donors (Lipinski definition) is 1. The van der Waals surface area contributed by atoms with Crippen LogP contribution in [0.2, 0.25) is 10.0 Å². The molecule has 37 heavy (non-hydrogen) atoms. The molecule has 1 N–H and O–H groups in total. The maximum Gasteiger partial charge on any atom is 0.261 e. The van der Waals surface area contributed by atoms with Gasteiger partial charge in [-0.1, -0.05) is 89.9 Å². The van der Waals surface area contributed by atoms with Gasteiger partial charge >= 0.3 is 0 Å². The number of likely N-dealkylation sites (N-methyl/N-ethyl adjacent to an activating group) is 1. The van der Waals surface area contributed by atoms with E-state index < -0.39 is 6.04 Å². The van der Waals surface area contributed by atoms with Crippen molar-refractivity contribution in [1.82, 2.24) is 10.2 Å². The van der Waals surface area contributed by atoms with Gasteiger partial charge in [0.15, 0.2) is 6.61 Å². The SMILES string of the molecule is CNC(=O)[C@H](Cc1ccccc1)N(Cc1c(Cl)cccc1Cl)C(=O)COc1ccc2ccccc2c1Br. The third kappa shape index (κ3) is 6.45. The highest BCUT2D eigenvalue weighted by atomic mass is 79.9. The lowest BCUT2D eigenvalue weighted by Gasteiger charge is -2.31. The summed E-state index contributed by atoms with van der Waals surface area (Å²) in [6.45, 7) is -0.230. The van der Waals surface area contributed by atoms with E-state index in [-0.39, 0.29) is 25.0 Å². The Labute approximate surface area is 234 Å². The normalized spacial score (nSPS) is 11.7. The number of fused-ring (bicyclic) bond motifs is 1. The number of carbonyl (C=O) groups is 2. The Morgan fingerprint density at radius 2 is 1.59 bits per heavy atom. The molecule has 0 aliphatic heterocycles. The van der Waals surface area contributed by atoms with Gasteiger partial charge in [-0.15, -0.1) is 0 Å². The van der Waals surface area contributed by atoms with E-state index in [4.69, 9.17) is 27.9 Å². The third-order valence-electron chi connectivity index (χ3n) is 6.09. The Kier molecular flexibility index (Phi) is 9.09. The van der Waals surface area contributed by atoms with Crippen LogP contribution in [0.25, 0.3) is 10.8 Å². The highest BCUT2D eigenvalue weighted by molar-refractivity contribution is 9.10. The van der Waals surface area contributed by atoms with Gasteiger partial charge in [0.05, 0.1) is 4.47 Å². The number of halogens is 3. The van der Waals surface area contributed by atoms with Crippen LogP contribution in [0.3, 0.4) is 0 Å². The van der Waals surface area contributed by atoms with Gasteiger partial charge in [-0.25, -0.2) is 0 Å². The van der Waals surface area contributed by atoms with Crippen LogP contribution in [0, 0.1) is 0 Å². The maximum absolute atomic E-state index is 13.7. The highest BCUT2D eigenvalue weighted by Gasteiger charge is 2.31. The molecular formula is C29H25BrCl2N2O3. The van der Waals surface area contributed by atoms with E-state index in [0.29, 0.717) is 27.8 Å². The zero-order valence-electron chi connectivity index (χ0n) is 20.1. The average molecular weight is 600 g/mol. The molecule has 0 fully saturated rings. The first-order valence-electron chi connectivity index (χ1n) is 11.7. The predicted molar refractivity (Wildman–Crippen MR) is 152 cm³/mol. The van der Waals surface area contributed by atoms with E-state index in [1.165, 1.54) is 4.90 Å². The van der Waals surface area contributed by atoms with Crippen molar-refractivity contribution in [1.29, 1.82) is 0 Å². The summed E-state index contributed by atoms with van der Waals surface area (Å²) >= 11 is 16.5. The highest BCUT2D eigenvalue weighted by Crippen LogP contribution is 2.33. The Balaban J connectivity index is 1.65. The molecule has 0 bridgehead atoms. The van der Waals surface area contributed by atoms with Crippen molar-refractivity contribution in [2.24, 2.45) is 0 Å². The van der Waals surface area contributed by atoms with Gasteiger partial charge in [-0.05, 0) is 50.5 Å². The molecule has 190 valence electrons. The minimum absolute atomic E-state index is 0.0461. The molecule has 0 unspecified atom stereocenters. The van der Waals surface area contributed by atoms with Crippen LogP contribution in [0.5, 0.6) is 5.75 Å². The molecule has 5 nitrogen and oxygen atoms in total. The van der Waals surface area contributed by atoms with E-state index >= 15 is 0 Å². The van der Waals surface area contributed by atoms with Gasteiger partial charge in [-0.3, -0.25) is 9.59 Å². The minimum atomic E-state index is -0.809. The lowest BCUT2D eigenvalue weighted by molar-refractivity contribution is -0.142. The Bertz CT molecular complexity index is 1390. The molecule has 0 saturated carbocycles. The van der Waals surface area contributed by atoms with Gasteiger partial charge < -0.3 is 15.0 Å². The summed E-state index contributed by atoms with van der Waals surface area (Å²) in [6, 6.07) is 25.5. The van der Waals surface area contributed by atoms with E-state index in [9.17, 15) is 9.59 Å². The number of carbonyl (C=O) groups excluding carboxylic acids is 2.